The average Bonchev–Trinajstić information content (AvgIpc) is 3.22. The number of aromatic nitrogens is 4. The van der Waals surface area contributed by atoms with E-state index < -0.39 is 0 Å². The molecule has 1 N–H and O–H groups in total. The number of hydrogen-bond donors (Lipinski definition) is 1. The van der Waals surface area contributed by atoms with Crippen LogP contribution in [0.25, 0.3) is 16.9 Å². The highest BCUT2D eigenvalue weighted by molar-refractivity contribution is 5.88. The maximum Gasteiger partial charge on any atom is 0.310 e. The van der Waals surface area contributed by atoms with Crippen LogP contribution in [0.3, 0.4) is 0 Å². The Bertz CT molecular complexity index is 1300. The van der Waals surface area contributed by atoms with Gasteiger partial charge in [-0.25, -0.2) is 9.97 Å². The molecule has 10 heteroatoms. The lowest BCUT2D eigenvalue weighted by atomic mass is 10.1. The minimum absolute atomic E-state index is 0.156. The monoisotopic (exact) mass is 463 g/mol. The van der Waals surface area contributed by atoms with Gasteiger partial charge in [0.2, 0.25) is 17.6 Å². The van der Waals surface area contributed by atoms with Crippen molar-refractivity contribution in [2.45, 2.75) is 13.3 Å². The third-order valence-corrected chi connectivity index (χ3v) is 5.13. The van der Waals surface area contributed by atoms with Crippen LogP contribution in [0.2, 0.25) is 0 Å². The lowest BCUT2D eigenvalue weighted by Gasteiger charge is -2.14. The fraction of sp³-hybridized carbons (Fsp3) is 0.250. The van der Waals surface area contributed by atoms with Gasteiger partial charge < -0.3 is 24.3 Å². The molecule has 0 spiro atoms. The lowest BCUT2D eigenvalue weighted by molar-refractivity contribution is -0.142. The smallest absolute Gasteiger partial charge is 0.310 e. The van der Waals surface area contributed by atoms with Crippen LogP contribution in [0.15, 0.2) is 48.9 Å². The van der Waals surface area contributed by atoms with Gasteiger partial charge in [0.25, 0.3) is 0 Å². The van der Waals surface area contributed by atoms with Gasteiger partial charge in [-0.05, 0) is 18.6 Å². The quantitative estimate of drug-likeness (QED) is 0.372. The molecule has 0 aliphatic heterocycles. The molecule has 2 aromatic heterocycles. The normalized spacial score (nSPS) is 10.7. The van der Waals surface area contributed by atoms with Crippen LogP contribution in [0, 0.1) is 0 Å². The number of ether oxygens (including phenoxy) is 4. The number of esters is 1. The van der Waals surface area contributed by atoms with E-state index in [0.717, 1.165) is 16.5 Å². The number of nitrogens with one attached hydrogen (secondary N) is 1. The number of hydrogen-bond acceptors (Lipinski definition) is 9. The Morgan fingerprint density at radius 2 is 1.76 bits per heavy atom. The van der Waals surface area contributed by atoms with Crippen molar-refractivity contribution >= 4 is 28.5 Å². The SMILES string of the molecule is CCOC(=O)Cc1cn(-c2ncnc(Nc3cc(OC)c(OC)c(OC)c3)n2)c2ccccc12. The second-order valence-electron chi connectivity index (χ2n) is 7.17. The number of benzene rings is 2. The van der Waals surface area contributed by atoms with E-state index in [1.807, 2.05) is 35.0 Å². The van der Waals surface area contributed by atoms with Gasteiger partial charge in [-0.15, -0.1) is 0 Å². The number of rotatable bonds is 9. The molecule has 2 aromatic carbocycles. The lowest BCUT2D eigenvalue weighted by Crippen LogP contribution is -2.07. The predicted octanol–water partition coefficient (Wildman–Crippen LogP) is 3.69. The van der Waals surface area contributed by atoms with Crippen molar-refractivity contribution in [1.82, 2.24) is 19.5 Å². The number of fused-ring (bicyclic) bond motifs is 1. The zero-order chi connectivity index (χ0) is 24.1. The summed E-state index contributed by atoms with van der Waals surface area (Å²) in [5.74, 6) is 1.92. The fourth-order valence-corrected chi connectivity index (χ4v) is 3.67. The number of methoxy groups -OCH3 is 3. The number of para-hydroxylation sites is 1. The third kappa shape index (κ3) is 4.56. The van der Waals surface area contributed by atoms with Gasteiger partial charge >= 0.3 is 5.97 Å². The molecule has 176 valence electrons. The zero-order valence-electron chi connectivity index (χ0n) is 19.4. The maximum atomic E-state index is 12.1. The molecule has 10 nitrogen and oxygen atoms in total. The highest BCUT2D eigenvalue weighted by Gasteiger charge is 2.17. The van der Waals surface area contributed by atoms with Crippen molar-refractivity contribution < 1.29 is 23.7 Å². The van der Waals surface area contributed by atoms with Gasteiger partial charge in [0.1, 0.15) is 6.33 Å². The molecule has 0 atom stereocenters. The molecular weight excluding hydrogens is 438 g/mol. The van der Waals surface area contributed by atoms with E-state index in [2.05, 4.69) is 20.3 Å². The fourth-order valence-electron chi connectivity index (χ4n) is 3.67. The van der Waals surface area contributed by atoms with Crippen LogP contribution in [0.4, 0.5) is 11.6 Å². The van der Waals surface area contributed by atoms with Gasteiger partial charge in [0, 0.05) is 29.4 Å². The average molecular weight is 463 g/mol. The molecule has 0 aliphatic rings. The summed E-state index contributed by atoms with van der Waals surface area (Å²) in [6, 6.07) is 11.3. The highest BCUT2D eigenvalue weighted by Crippen LogP contribution is 2.40. The number of anilines is 2. The maximum absolute atomic E-state index is 12.1. The summed E-state index contributed by atoms with van der Waals surface area (Å²) < 4.78 is 23.1. The van der Waals surface area contributed by atoms with E-state index in [9.17, 15) is 4.79 Å². The van der Waals surface area contributed by atoms with E-state index in [1.165, 1.54) is 6.33 Å². The molecule has 4 rings (SSSR count). The van der Waals surface area contributed by atoms with Crippen molar-refractivity contribution in [2.24, 2.45) is 0 Å². The van der Waals surface area contributed by atoms with E-state index in [-0.39, 0.29) is 12.4 Å². The Labute approximate surface area is 196 Å². The Morgan fingerprint density at radius 3 is 2.44 bits per heavy atom. The van der Waals surface area contributed by atoms with E-state index in [1.54, 1.807) is 40.4 Å². The minimum Gasteiger partial charge on any atom is -0.493 e. The van der Waals surface area contributed by atoms with Crippen LogP contribution in [-0.4, -0.2) is 53.4 Å². The molecule has 0 saturated heterocycles. The molecule has 0 unspecified atom stereocenters. The molecule has 0 amide bonds. The summed E-state index contributed by atoms with van der Waals surface area (Å²) in [5, 5.41) is 4.08. The van der Waals surface area contributed by atoms with Crippen LogP contribution in [-0.2, 0) is 16.0 Å². The molecular formula is C24H25N5O5. The van der Waals surface area contributed by atoms with E-state index in [0.29, 0.717) is 41.4 Å². The molecule has 0 saturated carbocycles. The van der Waals surface area contributed by atoms with Gasteiger partial charge in [0.05, 0.1) is 39.9 Å². The molecule has 0 fully saturated rings. The first-order valence-electron chi connectivity index (χ1n) is 10.6. The van der Waals surface area contributed by atoms with Crippen molar-refractivity contribution in [2.75, 3.05) is 33.3 Å². The van der Waals surface area contributed by atoms with Crippen molar-refractivity contribution in [3.8, 4) is 23.2 Å². The Hall–Kier alpha value is -4.34. The van der Waals surface area contributed by atoms with Gasteiger partial charge in [0.15, 0.2) is 11.5 Å². The molecule has 0 radical (unpaired) electrons. The molecule has 34 heavy (non-hydrogen) atoms. The van der Waals surface area contributed by atoms with Crippen LogP contribution < -0.4 is 19.5 Å². The molecule has 0 bridgehead atoms. The first-order chi connectivity index (χ1) is 16.6. The standard InChI is InChI=1S/C24H25N5O5/c1-5-34-21(30)10-15-13-29(18-9-7-6-8-17(15)18)24-26-14-25-23(28-24)27-16-11-19(31-2)22(33-4)20(12-16)32-3/h6-9,11-14H,5,10H2,1-4H3,(H,25,26,27,28). The van der Waals surface area contributed by atoms with Crippen LogP contribution in [0.5, 0.6) is 17.2 Å². The van der Waals surface area contributed by atoms with Crippen molar-refractivity contribution in [3.05, 3.63) is 54.5 Å². The number of carbonyl (C=O) groups is 1. The van der Waals surface area contributed by atoms with Crippen LogP contribution >= 0.6 is 0 Å². The number of nitrogens with zero attached hydrogens (tertiary/aromatic N) is 4. The first-order valence-corrected chi connectivity index (χ1v) is 10.6. The summed E-state index contributed by atoms with van der Waals surface area (Å²) in [5.41, 5.74) is 2.34. The molecule has 2 heterocycles. The summed E-state index contributed by atoms with van der Waals surface area (Å²) in [6.07, 6.45) is 3.42. The summed E-state index contributed by atoms with van der Waals surface area (Å²) in [4.78, 5) is 25.2. The third-order valence-electron chi connectivity index (χ3n) is 5.13. The van der Waals surface area contributed by atoms with E-state index >= 15 is 0 Å². The predicted molar refractivity (Wildman–Crippen MR) is 126 cm³/mol. The second kappa shape index (κ2) is 10.1. The van der Waals surface area contributed by atoms with Crippen LogP contribution in [0.1, 0.15) is 12.5 Å². The largest absolute Gasteiger partial charge is 0.493 e. The van der Waals surface area contributed by atoms with Gasteiger partial charge in [-0.1, -0.05) is 18.2 Å². The Kier molecular flexibility index (Phi) is 6.77. The molecule has 4 aromatic rings. The second-order valence-corrected chi connectivity index (χ2v) is 7.17. The van der Waals surface area contributed by atoms with Gasteiger partial charge in [-0.3, -0.25) is 9.36 Å². The minimum atomic E-state index is -0.286. The molecule has 0 aliphatic carbocycles. The van der Waals surface area contributed by atoms with E-state index in [4.69, 9.17) is 18.9 Å². The zero-order valence-corrected chi connectivity index (χ0v) is 19.4. The summed E-state index contributed by atoms with van der Waals surface area (Å²) in [7, 11) is 4.64. The van der Waals surface area contributed by atoms with Crippen molar-refractivity contribution in [1.29, 1.82) is 0 Å². The highest BCUT2D eigenvalue weighted by atomic mass is 16.5. The Balaban J connectivity index is 1.69. The first kappa shape index (κ1) is 22.8. The van der Waals surface area contributed by atoms with Gasteiger partial charge in [-0.2, -0.15) is 4.98 Å². The topological polar surface area (TPSA) is 110 Å². The number of carbonyl (C=O) groups excluding carboxylic acids is 1. The summed E-state index contributed by atoms with van der Waals surface area (Å²) >= 11 is 0. The summed E-state index contributed by atoms with van der Waals surface area (Å²) in [6.45, 7) is 2.12. The Morgan fingerprint density at radius 1 is 1.03 bits per heavy atom. The van der Waals surface area contributed by atoms with Crippen molar-refractivity contribution in [3.63, 3.8) is 0 Å².